The van der Waals surface area contributed by atoms with Gasteiger partial charge in [0.1, 0.15) is 12.2 Å². The van der Waals surface area contributed by atoms with Crippen molar-refractivity contribution in [2.24, 2.45) is 17.3 Å². The fourth-order valence-electron chi connectivity index (χ4n) is 4.48. The van der Waals surface area contributed by atoms with Gasteiger partial charge in [0.2, 0.25) is 0 Å². The molecule has 0 radical (unpaired) electrons. The lowest BCUT2D eigenvalue weighted by atomic mass is 9.55. The highest BCUT2D eigenvalue weighted by Gasteiger charge is 2.58. The maximum atomic E-state index is 11.9. The molecule has 5 atom stereocenters. The molecule has 1 saturated carbocycles. The number of fused-ring (bicyclic) bond motifs is 3. The zero-order valence-electron chi connectivity index (χ0n) is 12.8. The Bertz CT molecular complexity index is 547. The second-order valence-corrected chi connectivity index (χ2v) is 6.81. The monoisotopic (exact) mass is 290 g/mol. The summed E-state index contributed by atoms with van der Waals surface area (Å²) >= 11 is 0. The Hall–Kier alpha value is -1.58. The van der Waals surface area contributed by atoms with Crippen LogP contribution in [0.5, 0.6) is 0 Å². The summed E-state index contributed by atoms with van der Waals surface area (Å²) in [6.45, 7) is 9.59. The fraction of sp³-hybridized carbons (Fsp3) is 0.647. The molecule has 2 fully saturated rings. The van der Waals surface area contributed by atoms with Crippen molar-refractivity contribution < 1.29 is 19.1 Å². The zero-order valence-corrected chi connectivity index (χ0v) is 12.8. The molecule has 21 heavy (non-hydrogen) atoms. The van der Waals surface area contributed by atoms with Crippen LogP contribution in [0.1, 0.15) is 40.0 Å². The molecular weight excluding hydrogens is 268 g/mol. The molecule has 3 rings (SSSR count). The van der Waals surface area contributed by atoms with E-state index in [4.69, 9.17) is 9.47 Å². The molecule has 0 spiro atoms. The maximum Gasteiger partial charge on any atom is 0.334 e. The van der Waals surface area contributed by atoms with Gasteiger partial charge in [0.25, 0.3) is 0 Å². The number of hydrogen-bond acceptors (Lipinski definition) is 4. The summed E-state index contributed by atoms with van der Waals surface area (Å²) in [5.74, 6) is -0.299. The van der Waals surface area contributed by atoms with Crippen LogP contribution >= 0.6 is 0 Å². The molecule has 1 heterocycles. The minimum absolute atomic E-state index is 0.106. The van der Waals surface area contributed by atoms with E-state index in [1.54, 1.807) is 0 Å². The van der Waals surface area contributed by atoms with Crippen molar-refractivity contribution in [2.75, 3.05) is 0 Å². The Balaban J connectivity index is 1.98. The molecule has 0 bridgehead atoms. The van der Waals surface area contributed by atoms with Gasteiger partial charge in [0, 0.05) is 36.2 Å². The predicted molar refractivity (Wildman–Crippen MR) is 77.3 cm³/mol. The van der Waals surface area contributed by atoms with E-state index in [9.17, 15) is 9.59 Å². The molecule has 3 aliphatic rings. The number of hydrogen-bond donors (Lipinski definition) is 0. The summed E-state index contributed by atoms with van der Waals surface area (Å²) in [4.78, 5) is 23.3. The van der Waals surface area contributed by atoms with Crippen LogP contribution in [0.2, 0.25) is 0 Å². The van der Waals surface area contributed by atoms with Crippen LogP contribution < -0.4 is 0 Å². The van der Waals surface area contributed by atoms with Crippen LogP contribution in [0.25, 0.3) is 0 Å². The quantitative estimate of drug-likeness (QED) is 0.423. The Morgan fingerprint density at radius 1 is 1.52 bits per heavy atom. The van der Waals surface area contributed by atoms with Crippen LogP contribution in [0.15, 0.2) is 23.8 Å². The van der Waals surface area contributed by atoms with Crippen LogP contribution in [0, 0.1) is 17.3 Å². The van der Waals surface area contributed by atoms with Crippen molar-refractivity contribution in [3.63, 3.8) is 0 Å². The van der Waals surface area contributed by atoms with Gasteiger partial charge in [-0.2, -0.15) is 0 Å². The van der Waals surface area contributed by atoms with E-state index < -0.39 is 0 Å². The molecule has 0 aromatic heterocycles. The molecule has 1 saturated heterocycles. The lowest BCUT2D eigenvalue weighted by Gasteiger charge is -2.52. The Morgan fingerprint density at radius 3 is 2.90 bits per heavy atom. The molecule has 0 unspecified atom stereocenters. The Morgan fingerprint density at radius 2 is 2.24 bits per heavy atom. The van der Waals surface area contributed by atoms with E-state index in [-0.39, 0.29) is 41.4 Å². The zero-order chi connectivity index (χ0) is 15.4. The largest absolute Gasteiger partial charge is 0.462 e. The van der Waals surface area contributed by atoms with Crippen molar-refractivity contribution in [2.45, 2.75) is 52.2 Å². The van der Waals surface area contributed by atoms with Gasteiger partial charge in [-0.3, -0.25) is 4.79 Å². The van der Waals surface area contributed by atoms with E-state index in [1.165, 1.54) is 12.5 Å². The highest BCUT2D eigenvalue weighted by molar-refractivity contribution is 5.91. The first kappa shape index (κ1) is 14.4. The normalized spacial score (nSPS) is 41.8. The standard InChI is InChI=1S/C17H22O4/c1-9-5-6-13(20-11(3)18)17(4)8-7-12-10(2)16(19)21-15(12)14(9)17/h5,12-15H,2,6-8H2,1,3-4H3/t12-,13-,14+,15-,17+/m0/s1. The second kappa shape index (κ2) is 4.72. The first-order chi connectivity index (χ1) is 9.84. The summed E-state index contributed by atoms with van der Waals surface area (Å²) in [5, 5.41) is 0. The highest BCUT2D eigenvalue weighted by atomic mass is 16.6. The van der Waals surface area contributed by atoms with E-state index in [0.29, 0.717) is 5.57 Å². The summed E-state index contributed by atoms with van der Waals surface area (Å²) in [7, 11) is 0. The first-order valence-corrected chi connectivity index (χ1v) is 7.58. The van der Waals surface area contributed by atoms with Gasteiger partial charge in [-0.15, -0.1) is 0 Å². The number of rotatable bonds is 1. The molecule has 0 aromatic carbocycles. The summed E-state index contributed by atoms with van der Waals surface area (Å²) < 4.78 is 11.2. The first-order valence-electron chi connectivity index (χ1n) is 7.58. The van der Waals surface area contributed by atoms with Crippen molar-refractivity contribution in [1.82, 2.24) is 0 Å². The van der Waals surface area contributed by atoms with Crippen LogP contribution in [0.4, 0.5) is 0 Å². The molecule has 4 heteroatoms. The number of ether oxygens (including phenoxy) is 2. The summed E-state index contributed by atoms with van der Waals surface area (Å²) in [6.07, 6.45) is 4.35. The minimum atomic E-state index is -0.267. The SMILES string of the molecule is C=C1C(=O)O[C@@H]2[C@H]3C(C)=CC[C@H](OC(C)=O)[C@@]3(C)CC[C@@H]12. The lowest BCUT2D eigenvalue weighted by molar-refractivity contribution is -0.167. The molecule has 0 amide bonds. The number of carbonyl (C=O) groups is 2. The van der Waals surface area contributed by atoms with E-state index >= 15 is 0 Å². The molecular formula is C17H22O4. The van der Waals surface area contributed by atoms with E-state index in [2.05, 4.69) is 26.5 Å². The lowest BCUT2D eigenvalue weighted by Crippen LogP contribution is -2.53. The second-order valence-electron chi connectivity index (χ2n) is 6.81. The topological polar surface area (TPSA) is 52.6 Å². The van der Waals surface area contributed by atoms with Gasteiger partial charge < -0.3 is 9.47 Å². The fourth-order valence-corrected chi connectivity index (χ4v) is 4.48. The summed E-state index contributed by atoms with van der Waals surface area (Å²) in [5.41, 5.74) is 1.67. The van der Waals surface area contributed by atoms with Gasteiger partial charge in [0.05, 0.1) is 0 Å². The van der Waals surface area contributed by atoms with Crippen LogP contribution in [-0.2, 0) is 19.1 Å². The van der Waals surface area contributed by atoms with E-state index in [1.807, 2.05) is 0 Å². The van der Waals surface area contributed by atoms with Gasteiger partial charge >= 0.3 is 11.9 Å². The Kier molecular flexibility index (Phi) is 3.23. The third-order valence-electron chi connectivity index (χ3n) is 5.57. The van der Waals surface area contributed by atoms with Crippen molar-refractivity contribution >= 4 is 11.9 Å². The Labute approximate surface area is 125 Å². The van der Waals surface area contributed by atoms with Crippen molar-refractivity contribution in [3.8, 4) is 0 Å². The average Bonchev–Trinajstić information content (AvgIpc) is 2.68. The average molecular weight is 290 g/mol. The molecule has 1 aliphatic heterocycles. The molecule has 2 aliphatic carbocycles. The van der Waals surface area contributed by atoms with Crippen LogP contribution in [0.3, 0.4) is 0 Å². The third-order valence-corrected chi connectivity index (χ3v) is 5.57. The van der Waals surface area contributed by atoms with Gasteiger partial charge in [-0.1, -0.05) is 25.2 Å². The van der Waals surface area contributed by atoms with Gasteiger partial charge in [-0.25, -0.2) is 4.79 Å². The number of esters is 2. The smallest absolute Gasteiger partial charge is 0.334 e. The van der Waals surface area contributed by atoms with Crippen molar-refractivity contribution in [3.05, 3.63) is 23.8 Å². The predicted octanol–water partition coefficient (Wildman–Crippen LogP) is 2.78. The van der Waals surface area contributed by atoms with E-state index in [0.717, 1.165) is 19.3 Å². The molecule has 0 N–H and O–H groups in total. The van der Waals surface area contributed by atoms with Crippen LogP contribution in [-0.4, -0.2) is 24.1 Å². The highest BCUT2D eigenvalue weighted by Crippen LogP contribution is 2.56. The van der Waals surface area contributed by atoms with Gasteiger partial charge in [-0.05, 0) is 19.8 Å². The molecule has 0 aromatic rings. The number of carbonyl (C=O) groups excluding carboxylic acids is 2. The summed E-state index contributed by atoms with van der Waals surface area (Å²) in [6, 6.07) is 0. The molecule has 4 nitrogen and oxygen atoms in total. The molecule has 114 valence electrons. The van der Waals surface area contributed by atoms with Gasteiger partial charge in [0.15, 0.2) is 0 Å². The van der Waals surface area contributed by atoms with Crippen molar-refractivity contribution in [1.29, 1.82) is 0 Å². The maximum absolute atomic E-state index is 11.9. The third kappa shape index (κ3) is 2.03. The minimum Gasteiger partial charge on any atom is -0.462 e.